The van der Waals surface area contributed by atoms with E-state index in [-0.39, 0.29) is 0 Å². The highest BCUT2D eigenvalue weighted by atomic mass is 16.5. The van der Waals surface area contributed by atoms with Crippen molar-refractivity contribution in [1.82, 2.24) is 0 Å². The van der Waals surface area contributed by atoms with Gasteiger partial charge in [0.1, 0.15) is 5.76 Å². The van der Waals surface area contributed by atoms with Crippen LogP contribution in [-0.2, 0) is 4.74 Å². The summed E-state index contributed by atoms with van der Waals surface area (Å²) in [5, 5.41) is 0. The number of allylic oxidation sites excluding steroid dienone is 2. The zero-order valence-corrected chi connectivity index (χ0v) is 6.62. The van der Waals surface area contributed by atoms with E-state index in [2.05, 4.69) is 6.58 Å². The molecule has 0 atom stereocenters. The van der Waals surface area contributed by atoms with E-state index in [0.717, 1.165) is 11.3 Å². The molecule has 0 saturated carbocycles. The summed E-state index contributed by atoms with van der Waals surface area (Å²) in [6, 6.07) is 0. The Hall–Kier alpha value is -0.720. The first-order chi connectivity index (χ1) is 4.09. The largest absolute Gasteiger partial charge is 0.497 e. The predicted octanol–water partition coefficient (Wildman–Crippen LogP) is 2.50. The summed E-state index contributed by atoms with van der Waals surface area (Å²) >= 11 is 0. The molecule has 0 radical (unpaired) electrons. The fourth-order valence-corrected chi connectivity index (χ4v) is 0.805. The zero-order valence-electron chi connectivity index (χ0n) is 6.62. The number of methoxy groups -OCH3 is 1. The summed E-state index contributed by atoms with van der Waals surface area (Å²) in [5.41, 5.74) is 2.16. The van der Waals surface area contributed by atoms with Crippen molar-refractivity contribution in [3.05, 3.63) is 23.5 Å². The molecule has 0 bridgehead atoms. The highest BCUT2D eigenvalue weighted by molar-refractivity contribution is 5.23. The van der Waals surface area contributed by atoms with E-state index in [1.54, 1.807) is 7.11 Å². The highest BCUT2D eigenvalue weighted by Gasteiger charge is 1.96. The van der Waals surface area contributed by atoms with Crippen LogP contribution in [-0.4, -0.2) is 7.11 Å². The molecule has 0 aromatic heterocycles. The van der Waals surface area contributed by atoms with Crippen molar-refractivity contribution in [3.8, 4) is 0 Å². The SMILES string of the molecule is C=C(C)C(OC)=C(C)C. The van der Waals surface area contributed by atoms with Crippen molar-refractivity contribution in [1.29, 1.82) is 0 Å². The lowest BCUT2D eigenvalue weighted by atomic mass is 10.2. The molecule has 0 amide bonds. The summed E-state index contributed by atoms with van der Waals surface area (Å²) in [6.07, 6.45) is 0. The van der Waals surface area contributed by atoms with Crippen molar-refractivity contribution < 1.29 is 4.74 Å². The van der Waals surface area contributed by atoms with Gasteiger partial charge in [-0.05, 0) is 31.9 Å². The first-order valence-electron chi connectivity index (χ1n) is 2.97. The molecule has 0 rings (SSSR count). The van der Waals surface area contributed by atoms with Gasteiger partial charge in [0, 0.05) is 0 Å². The van der Waals surface area contributed by atoms with E-state index in [9.17, 15) is 0 Å². The standard InChI is InChI=1S/C8H14O/c1-6(2)8(9-5)7(3)4/h1H2,2-5H3. The Morgan fingerprint density at radius 1 is 1.22 bits per heavy atom. The van der Waals surface area contributed by atoms with Gasteiger partial charge in [-0.1, -0.05) is 6.58 Å². The van der Waals surface area contributed by atoms with Gasteiger partial charge in [-0.25, -0.2) is 0 Å². The molecule has 1 nitrogen and oxygen atoms in total. The van der Waals surface area contributed by atoms with Gasteiger partial charge >= 0.3 is 0 Å². The van der Waals surface area contributed by atoms with Gasteiger partial charge in [0.15, 0.2) is 0 Å². The van der Waals surface area contributed by atoms with Crippen LogP contribution in [0.1, 0.15) is 20.8 Å². The molecule has 1 heteroatoms. The lowest BCUT2D eigenvalue weighted by molar-refractivity contribution is 0.296. The van der Waals surface area contributed by atoms with Crippen LogP contribution in [0.15, 0.2) is 23.5 Å². The predicted molar refractivity (Wildman–Crippen MR) is 40.2 cm³/mol. The fraction of sp³-hybridized carbons (Fsp3) is 0.500. The van der Waals surface area contributed by atoms with Crippen LogP contribution < -0.4 is 0 Å². The van der Waals surface area contributed by atoms with Crippen molar-refractivity contribution >= 4 is 0 Å². The third-order valence-corrected chi connectivity index (χ3v) is 1.05. The molecule has 0 aliphatic heterocycles. The van der Waals surface area contributed by atoms with E-state index < -0.39 is 0 Å². The first-order valence-corrected chi connectivity index (χ1v) is 2.97. The maximum absolute atomic E-state index is 5.05. The van der Waals surface area contributed by atoms with E-state index >= 15 is 0 Å². The summed E-state index contributed by atoms with van der Waals surface area (Å²) in [5.74, 6) is 0.912. The summed E-state index contributed by atoms with van der Waals surface area (Å²) in [4.78, 5) is 0. The van der Waals surface area contributed by atoms with Crippen LogP contribution in [0.4, 0.5) is 0 Å². The van der Waals surface area contributed by atoms with Crippen molar-refractivity contribution in [2.45, 2.75) is 20.8 Å². The van der Waals surface area contributed by atoms with E-state index in [1.807, 2.05) is 20.8 Å². The van der Waals surface area contributed by atoms with Crippen LogP contribution in [0.2, 0.25) is 0 Å². The van der Waals surface area contributed by atoms with Crippen LogP contribution >= 0.6 is 0 Å². The van der Waals surface area contributed by atoms with Crippen LogP contribution in [0.3, 0.4) is 0 Å². The monoisotopic (exact) mass is 126 g/mol. The third kappa shape index (κ3) is 2.36. The van der Waals surface area contributed by atoms with Gasteiger partial charge in [0.05, 0.1) is 7.11 Å². The second kappa shape index (κ2) is 3.33. The smallest absolute Gasteiger partial charge is 0.119 e. The third-order valence-electron chi connectivity index (χ3n) is 1.05. The zero-order chi connectivity index (χ0) is 7.44. The highest BCUT2D eigenvalue weighted by Crippen LogP contribution is 2.11. The summed E-state index contributed by atoms with van der Waals surface area (Å²) in [7, 11) is 1.66. The Balaban J connectivity index is 4.35. The fourth-order valence-electron chi connectivity index (χ4n) is 0.805. The molecule has 0 spiro atoms. The Bertz CT molecular complexity index is 139. The van der Waals surface area contributed by atoms with Crippen LogP contribution in [0, 0.1) is 0 Å². The van der Waals surface area contributed by atoms with Gasteiger partial charge < -0.3 is 4.74 Å². The van der Waals surface area contributed by atoms with Crippen LogP contribution in [0.5, 0.6) is 0 Å². The molecule has 52 valence electrons. The molecule has 0 aromatic carbocycles. The van der Waals surface area contributed by atoms with E-state index in [1.165, 1.54) is 5.57 Å². The van der Waals surface area contributed by atoms with Gasteiger partial charge in [-0.2, -0.15) is 0 Å². The topological polar surface area (TPSA) is 9.23 Å². The molecule has 9 heavy (non-hydrogen) atoms. The molecular formula is C8H14O. The molecule has 0 aromatic rings. The summed E-state index contributed by atoms with van der Waals surface area (Å²) in [6.45, 7) is 9.72. The number of hydrogen-bond donors (Lipinski definition) is 0. The minimum atomic E-state index is 0.912. The Kier molecular flexibility index (Phi) is 3.07. The molecule has 0 saturated heterocycles. The van der Waals surface area contributed by atoms with Crippen LogP contribution in [0.25, 0.3) is 0 Å². The lowest BCUT2D eigenvalue weighted by Gasteiger charge is -2.06. The minimum Gasteiger partial charge on any atom is -0.497 e. The normalized spacial score (nSPS) is 8.44. The number of rotatable bonds is 2. The molecular weight excluding hydrogens is 112 g/mol. The van der Waals surface area contributed by atoms with Crippen molar-refractivity contribution in [2.75, 3.05) is 7.11 Å². The molecule has 0 heterocycles. The maximum atomic E-state index is 5.05. The quantitative estimate of drug-likeness (QED) is 0.408. The Morgan fingerprint density at radius 3 is 1.67 bits per heavy atom. The average Bonchev–Trinajstić information content (AvgIpc) is 1.64. The first kappa shape index (κ1) is 8.28. The van der Waals surface area contributed by atoms with E-state index in [4.69, 9.17) is 4.74 Å². The molecule has 0 fully saturated rings. The molecule has 0 unspecified atom stereocenters. The van der Waals surface area contributed by atoms with Gasteiger partial charge in [0.2, 0.25) is 0 Å². The van der Waals surface area contributed by atoms with Gasteiger partial charge in [0.25, 0.3) is 0 Å². The van der Waals surface area contributed by atoms with Crippen molar-refractivity contribution in [2.24, 2.45) is 0 Å². The molecule has 0 aliphatic carbocycles. The Morgan fingerprint density at radius 2 is 1.67 bits per heavy atom. The summed E-state index contributed by atoms with van der Waals surface area (Å²) < 4.78 is 5.05. The number of ether oxygens (including phenoxy) is 1. The lowest BCUT2D eigenvalue weighted by Crippen LogP contribution is -1.89. The molecule has 0 N–H and O–H groups in total. The van der Waals surface area contributed by atoms with Gasteiger partial charge in [-0.3, -0.25) is 0 Å². The molecule has 0 aliphatic rings. The number of hydrogen-bond acceptors (Lipinski definition) is 1. The second-order valence-electron chi connectivity index (χ2n) is 2.31. The second-order valence-corrected chi connectivity index (χ2v) is 2.31. The Labute approximate surface area is 57.0 Å². The minimum absolute atomic E-state index is 0.912. The maximum Gasteiger partial charge on any atom is 0.119 e. The average molecular weight is 126 g/mol. The van der Waals surface area contributed by atoms with Crippen molar-refractivity contribution in [3.63, 3.8) is 0 Å². The van der Waals surface area contributed by atoms with E-state index in [0.29, 0.717) is 0 Å². The van der Waals surface area contributed by atoms with Gasteiger partial charge in [-0.15, -0.1) is 0 Å².